The fourth-order valence-electron chi connectivity index (χ4n) is 2.21. The van der Waals surface area contributed by atoms with Crippen LogP contribution in [-0.2, 0) is 4.79 Å². The van der Waals surface area contributed by atoms with E-state index in [2.05, 4.69) is 15.3 Å². The summed E-state index contributed by atoms with van der Waals surface area (Å²) in [6.45, 7) is 6.33. The van der Waals surface area contributed by atoms with E-state index >= 15 is 0 Å². The van der Waals surface area contributed by atoms with E-state index in [9.17, 15) is 4.79 Å². The topological polar surface area (TPSA) is 93.4 Å². The molecular formula is C12H19N5O2. The SMILES string of the molecule is CCOc1ncnc(N2CCNCC2C(N)=O)c1C. The lowest BCUT2D eigenvalue weighted by Crippen LogP contribution is -2.57. The first-order chi connectivity index (χ1) is 9.15. The summed E-state index contributed by atoms with van der Waals surface area (Å²) >= 11 is 0. The van der Waals surface area contributed by atoms with Gasteiger partial charge in [-0.1, -0.05) is 0 Å². The molecule has 1 aromatic rings. The highest BCUT2D eigenvalue weighted by Crippen LogP contribution is 2.25. The largest absolute Gasteiger partial charge is 0.478 e. The van der Waals surface area contributed by atoms with Crippen molar-refractivity contribution in [2.45, 2.75) is 19.9 Å². The second kappa shape index (κ2) is 5.83. The van der Waals surface area contributed by atoms with E-state index in [1.807, 2.05) is 18.7 Å². The minimum absolute atomic E-state index is 0.358. The van der Waals surface area contributed by atoms with Gasteiger partial charge in [-0.3, -0.25) is 4.79 Å². The normalized spacial score (nSPS) is 19.3. The third kappa shape index (κ3) is 2.76. The summed E-state index contributed by atoms with van der Waals surface area (Å²) in [5.41, 5.74) is 6.28. The Balaban J connectivity index is 2.33. The molecule has 0 spiro atoms. The van der Waals surface area contributed by atoms with Gasteiger partial charge in [-0.25, -0.2) is 9.97 Å². The number of hydrogen-bond acceptors (Lipinski definition) is 6. The molecule has 3 N–H and O–H groups in total. The number of carbonyl (C=O) groups excluding carboxylic acids is 1. The maximum Gasteiger partial charge on any atom is 0.241 e. The van der Waals surface area contributed by atoms with E-state index in [1.54, 1.807) is 0 Å². The Kier molecular flexibility index (Phi) is 4.16. The van der Waals surface area contributed by atoms with Crippen molar-refractivity contribution in [3.63, 3.8) is 0 Å². The van der Waals surface area contributed by atoms with Crippen LogP contribution in [0.5, 0.6) is 5.88 Å². The summed E-state index contributed by atoms with van der Waals surface area (Å²) in [7, 11) is 0. The third-order valence-electron chi connectivity index (χ3n) is 3.14. The number of hydrogen-bond donors (Lipinski definition) is 2. The molecule has 0 aliphatic carbocycles. The van der Waals surface area contributed by atoms with Gasteiger partial charge in [0.15, 0.2) is 0 Å². The van der Waals surface area contributed by atoms with Gasteiger partial charge in [0.2, 0.25) is 11.8 Å². The van der Waals surface area contributed by atoms with Gasteiger partial charge in [0.25, 0.3) is 0 Å². The van der Waals surface area contributed by atoms with Crippen molar-refractivity contribution < 1.29 is 9.53 Å². The van der Waals surface area contributed by atoms with Crippen LogP contribution in [0.25, 0.3) is 0 Å². The number of nitrogens with one attached hydrogen (secondary N) is 1. The lowest BCUT2D eigenvalue weighted by Gasteiger charge is -2.35. The highest BCUT2D eigenvalue weighted by molar-refractivity contribution is 5.84. The predicted octanol–water partition coefficient (Wildman–Crippen LogP) is -0.553. The number of carbonyl (C=O) groups is 1. The molecule has 0 aromatic carbocycles. The quantitative estimate of drug-likeness (QED) is 0.758. The van der Waals surface area contributed by atoms with E-state index in [1.165, 1.54) is 6.33 Å². The third-order valence-corrected chi connectivity index (χ3v) is 3.14. The van der Waals surface area contributed by atoms with E-state index in [4.69, 9.17) is 10.5 Å². The lowest BCUT2D eigenvalue weighted by atomic mass is 10.1. The number of nitrogens with two attached hydrogens (primary N) is 1. The Morgan fingerprint density at radius 2 is 2.42 bits per heavy atom. The average molecular weight is 265 g/mol. The fraction of sp³-hybridized carbons (Fsp3) is 0.583. The van der Waals surface area contributed by atoms with Gasteiger partial charge in [0.1, 0.15) is 18.2 Å². The van der Waals surface area contributed by atoms with Gasteiger partial charge in [-0.2, -0.15) is 0 Å². The Labute approximate surface area is 112 Å². The lowest BCUT2D eigenvalue weighted by molar-refractivity contribution is -0.119. The van der Waals surface area contributed by atoms with Crippen molar-refractivity contribution in [2.24, 2.45) is 5.73 Å². The zero-order valence-corrected chi connectivity index (χ0v) is 11.2. The minimum atomic E-state index is -0.392. The summed E-state index contributed by atoms with van der Waals surface area (Å²) in [6.07, 6.45) is 1.45. The first-order valence-electron chi connectivity index (χ1n) is 6.36. The van der Waals surface area contributed by atoms with E-state index < -0.39 is 6.04 Å². The number of piperazine rings is 1. The van der Waals surface area contributed by atoms with Gasteiger partial charge >= 0.3 is 0 Å². The molecule has 1 unspecified atom stereocenters. The minimum Gasteiger partial charge on any atom is -0.478 e. The Hall–Kier alpha value is -1.89. The van der Waals surface area contributed by atoms with Crippen molar-refractivity contribution in [1.82, 2.24) is 15.3 Å². The molecule has 7 nitrogen and oxygen atoms in total. The molecule has 1 atom stereocenters. The van der Waals surface area contributed by atoms with Gasteiger partial charge in [-0.05, 0) is 13.8 Å². The molecule has 1 aromatic heterocycles. The van der Waals surface area contributed by atoms with Crippen LogP contribution in [-0.4, -0.2) is 48.2 Å². The summed E-state index contributed by atoms with van der Waals surface area (Å²) in [4.78, 5) is 21.8. The van der Waals surface area contributed by atoms with Crippen LogP contribution in [0.3, 0.4) is 0 Å². The fourth-order valence-corrected chi connectivity index (χ4v) is 2.21. The molecule has 0 bridgehead atoms. The first-order valence-corrected chi connectivity index (χ1v) is 6.36. The predicted molar refractivity (Wildman–Crippen MR) is 71.1 cm³/mol. The molecule has 2 rings (SSSR count). The molecule has 19 heavy (non-hydrogen) atoms. The Bertz CT molecular complexity index is 465. The van der Waals surface area contributed by atoms with Crippen LogP contribution in [0.2, 0.25) is 0 Å². The number of ether oxygens (including phenoxy) is 1. The van der Waals surface area contributed by atoms with Crippen LogP contribution in [0.15, 0.2) is 6.33 Å². The van der Waals surface area contributed by atoms with Crippen molar-refractivity contribution in [3.05, 3.63) is 11.9 Å². The summed E-state index contributed by atoms with van der Waals surface area (Å²) in [6, 6.07) is -0.392. The Morgan fingerprint density at radius 1 is 1.63 bits per heavy atom. The van der Waals surface area contributed by atoms with Crippen LogP contribution in [0, 0.1) is 6.92 Å². The van der Waals surface area contributed by atoms with E-state index in [-0.39, 0.29) is 5.91 Å². The van der Waals surface area contributed by atoms with Crippen LogP contribution >= 0.6 is 0 Å². The van der Waals surface area contributed by atoms with Gasteiger partial charge < -0.3 is 20.7 Å². The van der Waals surface area contributed by atoms with Crippen molar-refractivity contribution in [2.75, 3.05) is 31.1 Å². The van der Waals surface area contributed by atoms with Crippen molar-refractivity contribution in [1.29, 1.82) is 0 Å². The monoisotopic (exact) mass is 265 g/mol. The van der Waals surface area contributed by atoms with E-state index in [0.717, 1.165) is 12.1 Å². The first kappa shape index (κ1) is 13.5. The summed E-state index contributed by atoms with van der Waals surface area (Å²) in [5, 5.41) is 3.16. The second-order valence-corrected chi connectivity index (χ2v) is 4.38. The number of amides is 1. The van der Waals surface area contributed by atoms with Crippen LogP contribution < -0.4 is 20.7 Å². The summed E-state index contributed by atoms with van der Waals surface area (Å²) < 4.78 is 5.45. The highest BCUT2D eigenvalue weighted by Gasteiger charge is 2.29. The standard InChI is InChI=1S/C12H19N5O2/c1-3-19-12-8(2)11(15-7-16-12)17-5-4-14-6-9(17)10(13)18/h7,9,14H,3-6H2,1-2H3,(H2,13,18). The van der Waals surface area contributed by atoms with Crippen LogP contribution in [0.4, 0.5) is 5.82 Å². The number of anilines is 1. The molecule has 1 fully saturated rings. The maximum absolute atomic E-state index is 11.5. The van der Waals surface area contributed by atoms with Crippen molar-refractivity contribution >= 4 is 11.7 Å². The van der Waals surface area contributed by atoms with Crippen molar-refractivity contribution in [3.8, 4) is 5.88 Å². The number of aromatic nitrogens is 2. The molecule has 0 saturated carbocycles. The molecule has 1 amide bonds. The molecule has 1 saturated heterocycles. The number of rotatable bonds is 4. The number of nitrogens with zero attached hydrogens (tertiary/aromatic N) is 3. The highest BCUT2D eigenvalue weighted by atomic mass is 16.5. The molecular weight excluding hydrogens is 246 g/mol. The molecule has 1 aliphatic rings. The number of primary amides is 1. The molecule has 7 heteroatoms. The van der Waals surface area contributed by atoms with E-state index in [0.29, 0.717) is 31.4 Å². The Morgan fingerprint density at radius 3 is 3.11 bits per heavy atom. The maximum atomic E-state index is 11.5. The summed E-state index contributed by atoms with van der Waals surface area (Å²) in [5.74, 6) is 0.904. The van der Waals surface area contributed by atoms with Gasteiger partial charge in [-0.15, -0.1) is 0 Å². The molecule has 0 radical (unpaired) electrons. The second-order valence-electron chi connectivity index (χ2n) is 4.38. The smallest absolute Gasteiger partial charge is 0.241 e. The molecule has 104 valence electrons. The van der Waals surface area contributed by atoms with Gasteiger partial charge in [0, 0.05) is 19.6 Å². The zero-order valence-electron chi connectivity index (χ0n) is 11.2. The van der Waals surface area contributed by atoms with Crippen LogP contribution in [0.1, 0.15) is 12.5 Å². The zero-order chi connectivity index (χ0) is 13.8. The molecule has 1 aliphatic heterocycles. The van der Waals surface area contributed by atoms with Gasteiger partial charge in [0.05, 0.1) is 12.2 Å². The average Bonchev–Trinajstić information content (AvgIpc) is 2.41. The molecule has 2 heterocycles.